The number of hydrogen-bond donors (Lipinski definition) is 2. The summed E-state index contributed by atoms with van der Waals surface area (Å²) < 4.78 is 10.8. The van der Waals surface area contributed by atoms with Crippen molar-refractivity contribution in [3.8, 4) is 0 Å². The molecule has 17 heavy (non-hydrogen) atoms. The maximum absolute atomic E-state index is 11.3. The molecule has 0 aromatic carbocycles. The van der Waals surface area contributed by atoms with Gasteiger partial charge in [-0.25, -0.2) is 4.79 Å². The summed E-state index contributed by atoms with van der Waals surface area (Å²) in [7, 11) is 0. The highest BCUT2D eigenvalue weighted by molar-refractivity contribution is 5.74. The second kappa shape index (κ2) is 8.31. The molecule has 1 heterocycles. The van der Waals surface area contributed by atoms with E-state index in [2.05, 4.69) is 10.6 Å². The highest BCUT2D eigenvalue weighted by Gasteiger charge is 2.15. The summed E-state index contributed by atoms with van der Waals surface area (Å²) in [5.74, 6) is 0. The fraction of sp³-hybridized carbons (Fsp3) is 0.917. The van der Waals surface area contributed by atoms with Gasteiger partial charge in [0.25, 0.3) is 0 Å². The van der Waals surface area contributed by atoms with Gasteiger partial charge >= 0.3 is 6.03 Å². The van der Waals surface area contributed by atoms with E-state index in [1.807, 2.05) is 13.8 Å². The Bertz CT molecular complexity index is 218. The summed E-state index contributed by atoms with van der Waals surface area (Å²) in [6.45, 7) is 6.88. The van der Waals surface area contributed by atoms with Crippen LogP contribution in [0.15, 0.2) is 0 Å². The molecular formula is C12H24N2O3. The lowest BCUT2D eigenvalue weighted by Gasteiger charge is -2.13. The molecule has 0 saturated carbocycles. The van der Waals surface area contributed by atoms with Crippen LogP contribution in [0, 0.1) is 0 Å². The number of hydrogen-bond acceptors (Lipinski definition) is 3. The van der Waals surface area contributed by atoms with Crippen molar-refractivity contribution in [2.24, 2.45) is 0 Å². The van der Waals surface area contributed by atoms with Crippen LogP contribution in [0.3, 0.4) is 0 Å². The third-order valence-corrected chi connectivity index (χ3v) is 2.84. The molecule has 0 aromatic rings. The molecule has 1 fully saturated rings. The second-order valence-electron chi connectivity index (χ2n) is 4.42. The smallest absolute Gasteiger partial charge is 0.314 e. The highest BCUT2D eigenvalue weighted by atomic mass is 16.5. The Morgan fingerprint density at radius 1 is 1.59 bits per heavy atom. The quantitative estimate of drug-likeness (QED) is 0.663. The third-order valence-electron chi connectivity index (χ3n) is 2.84. The van der Waals surface area contributed by atoms with Gasteiger partial charge in [-0.05, 0) is 26.2 Å². The van der Waals surface area contributed by atoms with Crippen LogP contribution in [0.25, 0.3) is 0 Å². The molecule has 0 aromatic heterocycles. The van der Waals surface area contributed by atoms with Gasteiger partial charge < -0.3 is 20.1 Å². The zero-order valence-corrected chi connectivity index (χ0v) is 10.8. The minimum absolute atomic E-state index is 0.0939. The molecule has 0 radical (unpaired) electrons. The minimum atomic E-state index is -0.0939. The topological polar surface area (TPSA) is 59.6 Å². The van der Waals surface area contributed by atoms with Crippen molar-refractivity contribution >= 4 is 6.03 Å². The lowest BCUT2D eigenvalue weighted by atomic mass is 10.3. The van der Waals surface area contributed by atoms with Crippen molar-refractivity contribution in [2.45, 2.75) is 45.3 Å². The second-order valence-corrected chi connectivity index (χ2v) is 4.42. The van der Waals surface area contributed by atoms with E-state index in [0.29, 0.717) is 19.8 Å². The van der Waals surface area contributed by atoms with Crippen LogP contribution < -0.4 is 10.6 Å². The van der Waals surface area contributed by atoms with Crippen molar-refractivity contribution in [1.82, 2.24) is 10.6 Å². The van der Waals surface area contributed by atoms with E-state index in [0.717, 1.165) is 25.9 Å². The normalized spacial score (nSPS) is 21.2. The predicted molar refractivity (Wildman–Crippen MR) is 66.1 cm³/mol. The molecule has 0 bridgehead atoms. The van der Waals surface area contributed by atoms with Gasteiger partial charge in [0.2, 0.25) is 0 Å². The average molecular weight is 244 g/mol. The molecule has 0 aliphatic carbocycles. The van der Waals surface area contributed by atoms with Gasteiger partial charge in [-0.15, -0.1) is 0 Å². The van der Waals surface area contributed by atoms with E-state index >= 15 is 0 Å². The van der Waals surface area contributed by atoms with Crippen LogP contribution in [0.4, 0.5) is 4.79 Å². The molecule has 1 aliphatic heterocycles. The fourth-order valence-electron chi connectivity index (χ4n) is 1.55. The highest BCUT2D eigenvalue weighted by Crippen LogP contribution is 2.07. The van der Waals surface area contributed by atoms with Gasteiger partial charge in [0.15, 0.2) is 0 Å². The summed E-state index contributed by atoms with van der Waals surface area (Å²) in [5, 5.41) is 5.66. The molecule has 5 nitrogen and oxygen atoms in total. The molecular weight excluding hydrogens is 220 g/mol. The van der Waals surface area contributed by atoms with E-state index in [1.165, 1.54) is 0 Å². The maximum Gasteiger partial charge on any atom is 0.314 e. The first kappa shape index (κ1) is 14.3. The van der Waals surface area contributed by atoms with Gasteiger partial charge in [0.05, 0.1) is 12.7 Å². The molecule has 2 amide bonds. The summed E-state index contributed by atoms with van der Waals surface area (Å²) in [4.78, 5) is 11.3. The molecule has 2 atom stereocenters. The van der Waals surface area contributed by atoms with Crippen LogP contribution >= 0.6 is 0 Å². The van der Waals surface area contributed by atoms with Gasteiger partial charge in [0.1, 0.15) is 0 Å². The Morgan fingerprint density at radius 3 is 3.06 bits per heavy atom. The maximum atomic E-state index is 11.3. The lowest BCUT2D eigenvalue weighted by molar-refractivity contribution is 0.0418. The molecule has 1 aliphatic rings. The number of urea groups is 1. The van der Waals surface area contributed by atoms with Crippen molar-refractivity contribution in [3.63, 3.8) is 0 Å². The van der Waals surface area contributed by atoms with Crippen molar-refractivity contribution in [3.05, 3.63) is 0 Å². The van der Waals surface area contributed by atoms with E-state index < -0.39 is 0 Å². The van der Waals surface area contributed by atoms with E-state index in [-0.39, 0.29) is 18.2 Å². The summed E-state index contributed by atoms with van der Waals surface area (Å²) in [6.07, 6.45) is 3.02. The first-order valence-corrected chi connectivity index (χ1v) is 6.46. The van der Waals surface area contributed by atoms with Gasteiger partial charge in [-0.1, -0.05) is 6.92 Å². The number of ether oxygens (including phenoxy) is 2. The molecule has 5 heteroatoms. The summed E-state index contributed by atoms with van der Waals surface area (Å²) in [6, 6.07) is 0.130. The van der Waals surface area contributed by atoms with E-state index in [4.69, 9.17) is 9.47 Å². The fourth-order valence-corrected chi connectivity index (χ4v) is 1.55. The molecule has 2 N–H and O–H groups in total. The minimum Gasteiger partial charge on any atom is -0.379 e. The summed E-state index contributed by atoms with van der Waals surface area (Å²) in [5.41, 5.74) is 0. The van der Waals surface area contributed by atoms with Gasteiger partial charge in [0, 0.05) is 25.8 Å². The van der Waals surface area contributed by atoms with Crippen LogP contribution in [0.2, 0.25) is 0 Å². The summed E-state index contributed by atoms with van der Waals surface area (Å²) >= 11 is 0. The number of amides is 2. The molecule has 0 unspecified atom stereocenters. The molecule has 100 valence electrons. The molecule has 1 rings (SSSR count). The largest absolute Gasteiger partial charge is 0.379 e. The number of rotatable bonds is 7. The number of carbonyl (C=O) groups excluding carboxylic acids is 1. The van der Waals surface area contributed by atoms with Gasteiger partial charge in [-0.3, -0.25) is 0 Å². The Kier molecular flexibility index (Phi) is 6.96. The predicted octanol–water partition coefficient (Wildman–Crippen LogP) is 1.28. The molecule has 0 spiro atoms. The van der Waals surface area contributed by atoms with Crippen molar-refractivity contribution < 1.29 is 14.3 Å². The van der Waals surface area contributed by atoms with Crippen molar-refractivity contribution in [1.29, 1.82) is 0 Å². The lowest BCUT2D eigenvalue weighted by Crippen LogP contribution is -2.41. The van der Waals surface area contributed by atoms with Crippen LogP contribution in [0.5, 0.6) is 0 Å². The number of carbonyl (C=O) groups is 1. The van der Waals surface area contributed by atoms with Crippen LogP contribution in [-0.2, 0) is 9.47 Å². The van der Waals surface area contributed by atoms with Gasteiger partial charge in [-0.2, -0.15) is 0 Å². The standard InChI is InChI=1S/C12H24N2O3/c1-3-10(2)14-12(15)13-6-4-7-17-11-5-8-16-9-11/h10-11H,3-9H2,1-2H3,(H2,13,14,15)/t10-,11-/m1/s1. The Labute approximate surface area is 103 Å². The van der Waals surface area contributed by atoms with E-state index in [9.17, 15) is 4.79 Å². The van der Waals surface area contributed by atoms with E-state index in [1.54, 1.807) is 0 Å². The Balaban J connectivity index is 1.90. The first-order valence-electron chi connectivity index (χ1n) is 6.46. The Morgan fingerprint density at radius 2 is 2.41 bits per heavy atom. The number of nitrogens with one attached hydrogen (secondary N) is 2. The first-order chi connectivity index (χ1) is 8.22. The monoisotopic (exact) mass is 244 g/mol. The average Bonchev–Trinajstić information content (AvgIpc) is 2.81. The SMILES string of the molecule is CC[C@@H](C)NC(=O)NCCCO[C@@H]1CCOC1. The van der Waals surface area contributed by atoms with Crippen LogP contribution in [0.1, 0.15) is 33.1 Å². The third kappa shape index (κ3) is 6.48. The zero-order chi connectivity index (χ0) is 12.5. The van der Waals surface area contributed by atoms with Crippen molar-refractivity contribution in [2.75, 3.05) is 26.4 Å². The van der Waals surface area contributed by atoms with Crippen LogP contribution in [-0.4, -0.2) is 44.5 Å². The zero-order valence-electron chi connectivity index (χ0n) is 10.8. The Hall–Kier alpha value is -0.810. The molecule has 1 saturated heterocycles.